The zero-order valence-corrected chi connectivity index (χ0v) is 18.9. The first kappa shape index (κ1) is 21.4. The fraction of sp³-hybridized carbons (Fsp3) is 0.407. The number of rotatable bonds is 8. The van der Waals surface area contributed by atoms with E-state index in [1.807, 2.05) is 54.7 Å². The maximum Gasteiger partial charge on any atom is 0.137 e. The molecule has 0 saturated heterocycles. The third kappa shape index (κ3) is 4.41. The summed E-state index contributed by atoms with van der Waals surface area (Å²) in [7, 11) is 1.64. The highest BCUT2D eigenvalue weighted by atomic mass is 16.5. The lowest BCUT2D eigenvalue weighted by molar-refractivity contribution is -0.124. The molecule has 2 aliphatic rings. The summed E-state index contributed by atoms with van der Waals surface area (Å²) in [6.07, 6.45) is 7.58. The molecule has 0 spiro atoms. The van der Waals surface area contributed by atoms with Crippen molar-refractivity contribution in [2.75, 3.05) is 7.11 Å². The first-order valence-electron chi connectivity index (χ1n) is 11.7. The molecule has 0 aliphatic heterocycles. The van der Waals surface area contributed by atoms with Gasteiger partial charge in [0.2, 0.25) is 0 Å². The summed E-state index contributed by atoms with van der Waals surface area (Å²) in [4.78, 5) is 12.8. The van der Waals surface area contributed by atoms with Crippen molar-refractivity contribution < 1.29 is 9.53 Å². The summed E-state index contributed by atoms with van der Waals surface area (Å²) >= 11 is 0. The van der Waals surface area contributed by atoms with E-state index < -0.39 is 0 Å². The summed E-state index contributed by atoms with van der Waals surface area (Å²) in [6, 6.07) is 18.0. The van der Waals surface area contributed by atoms with Gasteiger partial charge < -0.3 is 4.74 Å². The van der Waals surface area contributed by atoms with Gasteiger partial charge in [0.1, 0.15) is 17.2 Å². The molecule has 2 aromatic carbocycles. The maximum absolute atomic E-state index is 12.8. The van der Waals surface area contributed by atoms with Gasteiger partial charge in [0.15, 0.2) is 0 Å². The normalized spacial score (nSPS) is 22.1. The molecule has 0 amide bonds. The molecule has 0 radical (unpaired) electrons. The Balaban J connectivity index is 1.24. The Kier molecular flexibility index (Phi) is 5.95. The highest BCUT2D eigenvalue weighted by Crippen LogP contribution is 2.49. The van der Waals surface area contributed by atoms with E-state index >= 15 is 0 Å². The monoisotopic (exact) mass is 440 g/mol. The van der Waals surface area contributed by atoms with Gasteiger partial charge in [-0.15, -0.1) is 5.10 Å². The third-order valence-electron chi connectivity index (χ3n) is 7.34. The number of fused-ring (bicyclic) bond motifs is 2. The number of ketones is 1. The zero-order chi connectivity index (χ0) is 22.8. The first-order valence-corrected chi connectivity index (χ1v) is 11.7. The molecule has 6 heteroatoms. The van der Waals surface area contributed by atoms with Crippen molar-refractivity contribution in [2.24, 2.45) is 23.7 Å². The summed E-state index contributed by atoms with van der Waals surface area (Å²) in [5.74, 6) is 2.30. The van der Waals surface area contributed by atoms with Gasteiger partial charge in [-0.05, 0) is 67.3 Å². The summed E-state index contributed by atoms with van der Waals surface area (Å²) < 4.78 is 7.15. The minimum absolute atomic E-state index is 0.201. The molecule has 2 fully saturated rings. The Morgan fingerprint density at radius 3 is 2.70 bits per heavy atom. The number of Topliss-reactive ketones (excluding diaryl/α,β-unsaturated/α-hetero) is 1. The molecule has 2 saturated carbocycles. The Bertz CT molecular complexity index is 1180. The fourth-order valence-corrected chi connectivity index (χ4v) is 5.64. The molecule has 1 heterocycles. The largest absolute Gasteiger partial charge is 0.496 e. The lowest BCUT2D eigenvalue weighted by Gasteiger charge is -2.21. The standard InChI is InChI=1S/C27H28N4O2/c1-33-27-5-3-2-4-23(27)25-17-31(30-29-25)22-10-7-18(8-11-22)12-20(16-28)15-26(32)24-14-19-6-9-21(24)13-19/h2-5,7-8,10-11,17,19-21,24H,6,9,12-15H2,1H3/t19-,20-,21+,24+/m1/s1. The predicted octanol–water partition coefficient (Wildman–Crippen LogP) is 5.02. The van der Waals surface area contributed by atoms with Crippen LogP contribution in [-0.4, -0.2) is 27.9 Å². The van der Waals surface area contributed by atoms with Gasteiger partial charge in [-0.1, -0.05) is 35.9 Å². The highest BCUT2D eigenvalue weighted by Gasteiger charge is 2.43. The molecule has 0 N–H and O–H groups in total. The molecule has 2 bridgehead atoms. The smallest absolute Gasteiger partial charge is 0.137 e. The van der Waals surface area contributed by atoms with Crippen LogP contribution in [0.3, 0.4) is 0 Å². The number of carbonyl (C=O) groups is 1. The van der Waals surface area contributed by atoms with Crippen LogP contribution in [-0.2, 0) is 11.2 Å². The fourth-order valence-electron chi connectivity index (χ4n) is 5.64. The second-order valence-electron chi connectivity index (χ2n) is 9.40. The number of hydrogen-bond donors (Lipinski definition) is 0. The maximum atomic E-state index is 12.8. The topological polar surface area (TPSA) is 80.8 Å². The quantitative estimate of drug-likeness (QED) is 0.491. The lowest BCUT2D eigenvalue weighted by Crippen LogP contribution is -2.23. The number of para-hydroxylation sites is 1. The van der Waals surface area contributed by atoms with E-state index in [1.54, 1.807) is 11.8 Å². The van der Waals surface area contributed by atoms with E-state index in [-0.39, 0.29) is 11.8 Å². The van der Waals surface area contributed by atoms with Crippen molar-refractivity contribution in [3.63, 3.8) is 0 Å². The van der Waals surface area contributed by atoms with Crippen molar-refractivity contribution >= 4 is 5.78 Å². The second kappa shape index (κ2) is 9.19. The molecular formula is C27H28N4O2. The summed E-state index contributed by atoms with van der Waals surface area (Å²) in [5, 5.41) is 18.2. The van der Waals surface area contributed by atoms with Gasteiger partial charge in [0, 0.05) is 17.9 Å². The van der Waals surface area contributed by atoms with Crippen LogP contribution in [0.2, 0.25) is 0 Å². The Morgan fingerprint density at radius 2 is 2.00 bits per heavy atom. The number of methoxy groups -OCH3 is 1. The van der Waals surface area contributed by atoms with Crippen LogP contribution in [0.25, 0.3) is 16.9 Å². The number of hydrogen-bond acceptors (Lipinski definition) is 5. The van der Waals surface area contributed by atoms with Crippen molar-refractivity contribution in [2.45, 2.75) is 38.5 Å². The minimum Gasteiger partial charge on any atom is -0.496 e. The van der Waals surface area contributed by atoms with E-state index in [0.29, 0.717) is 24.5 Å². The third-order valence-corrected chi connectivity index (χ3v) is 7.34. The molecule has 4 atom stereocenters. The number of aromatic nitrogens is 3. The average Bonchev–Trinajstić information content (AvgIpc) is 3.61. The van der Waals surface area contributed by atoms with Crippen LogP contribution in [0.1, 0.15) is 37.7 Å². The average molecular weight is 441 g/mol. The van der Waals surface area contributed by atoms with Crippen molar-refractivity contribution in [3.8, 4) is 28.8 Å². The van der Waals surface area contributed by atoms with E-state index in [4.69, 9.17) is 4.74 Å². The molecular weight excluding hydrogens is 412 g/mol. The predicted molar refractivity (Wildman–Crippen MR) is 125 cm³/mol. The SMILES string of the molecule is COc1ccccc1-c1cn(-c2ccc(C[C@@H](C#N)CC(=O)[C@H]3C[C@@H]4CC[C@H]3C4)cc2)nn1. The molecule has 6 nitrogen and oxygen atoms in total. The lowest BCUT2D eigenvalue weighted by atomic mass is 9.82. The number of nitrogens with zero attached hydrogens (tertiary/aromatic N) is 4. The molecule has 5 rings (SSSR count). The van der Waals surface area contributed by atoms with Gasteiger partial charge in [-0.3, -0.25) is 4.79 Å². The van der Waals surface area contributed by atoms with Crippen LogP contribution in [0, 0.1) is 35.0 Å². The second-order valence-corrected chi connectivity index (χ2v) is 9.40. The zero-order valence-electron chi connectivity index (χ0n) is 18.9. The van der Waals surface area contributed by atoms with E-state index in [1.165, 1.54) is 19.3 Å². The molecule has 3 aromatic rings. The van der Waals surface area contributed by atoms with Gasteiger partial charge in [0.25, 0.3) is 0 Å². The van der Waals surface area contributed by atoms with Crippen molar-refractivity contribution in [3.05, 3.63) is 60.3 Å². The summed E-state index contributed by atoms with van der Waals surface area (Å²) in [6.45, 7) is 0. The van der Waals surface area contributed by atoms with Crippen molar-refractivity contribution in [1.82, 2.24) is 15.0 Å². The number of nitriles is 1. The van der Waals surface area contributed by atoms with E-state index in [2.05, 4.69) is 16.4 Å². The van der Waals surface area contributed by atoms with Crippen LogP contribution >= 0.6 is 0 Å². The van der Waals surface area contributed by atoms with Gasteiger partial charge in [-0.2, -0.15) is 5.26 Å². The number of carbonyl (C=O) groups excluding carboxylic acids is 1. The van der Waals surface area contributed by atoms with Crippen LogP contribution in [0.15, 0.2) is 54.7 Å². The van der Waals surface area contributed by atoms with Gasteiger partial charge in [0.05, 0.1) is 31.0 Å². The van der Waals surface area contributed by atoms with E-state index in [9.17, 15) is 10.1 Å². The Morgan fingerprint density at radius 1 is 1.18 bits per heavy atom. The number of ether oxygens (including phenoxy) is 1. The molecule has 168 valence electrons. The molecule has 2 aliphatic carbocycles. The summed E-state index contributed by atoms with van der Waals surface area (Å²) in [5.41, 5.74) is 3.56. The van der Waals surface area contributed by atoms with Crippen LogP contribution in [0.5, 0.6) is 5.75 Å². The van der Waals surface area contributed by atoms with Crippen LogP contribution < -0.4 is 4.74 Å². The molecule has 0 unspecified atom stereocenters. The Hall–Kier alpha value is -3.46. The van der Waals surface area contributed by atoms with E-state index in [0.717, 1.165) is 40.6 Å². The van der Waals surface area contributed by atoms with Crippen LogP contribution in [0.4, 0.5) is 0 Å². The Labute approximate surface area is 194 Å². The molecule has 33 heavy (non-hydrogen) atoms. The van der Waals surface area contributed by atoms with Gasteiger partial charge >= 0.3 is 0 Å². The minimum atomic E-state index is -0.272. The first-order chi connectivity index (χ1) is 16.1. The highest BCUT2D eigenvalue weighted by molar-refractivity contribution is 5.82. The molecule has 1 aromatic heterocycles. The van der Waals surface area contributed by atoms with Crippen molar-refractivity contribution in [1.29, 1.82) is 5.26 Å². The van der Waals surface area contributed by atoms with Gasteiger partial charge in [-0.25, -0.2) is 4.68 Å². The number of benzene rings is 2.